The molecule has 0 atom stereocenters. The topological polar surface area (TPSA) is 69.2 Å². The first-order valence-corrected chi connectivity index (χ1v) is 10.3. The normalized spacial score (nSPS) is 15.4. The molecule has 27 heavy (non-hydrogen) atoms. The summed E-state index contributed by atoms with van der Waals surface area (Å²) in [5, 5.41) is 6.85. The number of hydrogen-bond donors (Lipinski definition) is 2. The van der Waals surface area contributed by atoms with Crippen molar-refractivity contribution in [1.29, 1.82) is 0 Å². The third-order valence-electron chi connectivity index (χ3n) is 4.75. The molecule has 0 aromatic rings. The molecule has 1 heterocycles. The Bertz CT molecular complexity index is 411. The minimum Gasteiger partial charge on any atom is -0.450 e. The summed E-state index contributed by atoms with van der Waals surface area (Å²) in [6, 6.07) is 0.356. The number of amides is 1. The highest BCUT2D eigenvalue weighted by molar-refractivity contribution is 14.0. The zero-order valence-electron chi connectivity index (χ0n) is 17.6. The Morgan fingerprint density at radius 1 is 1.15 bits per heavy atom. The molecule has 0 aromatic carbocycles. The molecule has 1 rings (SSSR count). The molecule has 8 heteroatoms. The standard InChI is InChI=1S/C19H39N5O2.HI/c1-5-20-18(21-13-9-10-14-23(6-2)7-3)22-17-11-15-24(16-12-17)19(25)26-8-4;/h17H,5-16H2,1-4H3,(H2,20,21,22);1H. The van der Waals surface area contributed by atoms with Gasteiger partial charge in [0.25, 0.3) is 0 Å². The van der Waals surface area contributed by atoms with E-state index in [0.29, 0.717) is 12.6 Å². The largest absolute Gasteiger partial charge is 0.450 e. The van der Waals surface area contributed by atoms with Crippen molar-refractivity contribution >= 4 is 36.0 Å². The van der Waals surface area contributed by atoms with Crippen LogP contribution in [0.25, 0.3) is 0 Å². The highest BCUT2D eigenvalue weighted by Crippen LogP contribution is 2.11. The number of halogens is 1. The van der Waals surface area contributed by atoms with Gasteiger partial charge in [0.15, 0.2) is 5.96 Å². The summed E-state index contributed by atoms with van der Waals surface area (Å²) in [5.41, 5.74) is 0. The fourth-order valence-corrected chi connectivity index (χ4v) is 3.11. The predicted octanol–water partition coefficient (Wildman–Crippen LogP) is 2.90. The molecule has 0 bridgehead atoms. The van der Waals surface area contributed by atoms with Crippen LogP contribution in [0.3, 0.4) is 0 Å². The van der Waals surface area contributed by atoms with Crippen LogP contribution in [0.5, 0.6) is 0 Å². The maximum Gasteiger partial charge on any atom is 0.409 e. The molecule has 1 saturated heterocycles. The van der Waals surface area contributed by atoms with Crippen LogP contribution in [0.4, 0.5) is 4.79 Å². The van der Waals surface area contributed by atoms with E-state index in [4.69, 9.17) is 9.73 Å². The van der Waals surface area contributed by atoms with Crippen molar-refractivity contribution < 1.29 is 9.53 Å². The minimum atomic E-state index is -0.195. The van der Waals surface area contributed by atoms with Gasteiger partial charge in [-0.1, -0.05) is 13.8 Å². The summed E-state index contributed by atoms with van der Waals surface area (Å²) in [4.78, 5) is 20.7. The van der Waals surface area contributed by atoms with Crippen molar-refractivity contribution in [2.45, 2.75) is 59.4 Å². The van der Waals surface area contributed by atoms with E-state index >= 15 is 0 Å². The molecule has 7 nitrogen and oxygen atoms in total. The number of ether oxygens (including phenoxy) is 1. The lowest BCUT2D eigenvalue weighted by atomic mass is 10.1. The number of nitrogens with one attached hydrogen (secondary N) is 2. The van der Waals surface area contributed by atoms with Crippen LogP contribution in [0.15, 0.2) is 4.99 Å². The summed E-state index contributed by atoms with van der Waals surface area (Å²) < 4.78 is 5.07. The first-order chi connectivity index (χ1) is 12.6. The van der Waals surface area contributed by atoms with Crippen molar-refractivity contribution in [3.8, 4) is 0 Å². The number of hydrogen-bond acceptors (Lipinski definition) is 4. The van der Waals surface area contributed by atoms with Gasteiger partial charge < -0.3 is 25.2 Å². The number of carbonyl (C=O) groups is 1. The van der Waals surface area contributed by atoms with Crippen molar-refractivity contribution in [3.05, 3.63) is 0 Å². The zero-order chi connectivity index (χ0) is 19.2. The number of unbranched alkanes of at least 4 members (excludes halogenated alkanes) is 1. The van der Waals surface area contributed by atoms with Gasteiger partial charge in [-0.15, -0.1) is 24.0 Å². The average Bonchev–Trinajstić information content (AvgIpc) is 2.65. The van der Waals surface area contributed by atoms with Crippen molar-refractivity contribution in [1.82, 2.24) is 20.4 Å². The van der Waals surface area contributed by atoms with Crippen LogP contribution in [-0.4, -0.2) is 80.3 Å². The van der Waals surface area contributed by atoms with Crippen LogP contribution in [-0.2, 0) is 4.74 Å². The van der Waals surface area contributed by atoms with Gasteiger partial charge in [0.2, 0.25) is 0 Å². The van der Waals surface area contributed by atoms with Crippen LogP contribution < -0.4 is 10.6 Å². The molecule has 0 spiro atoms. The van der Waals surface area contributed by atoms with E-state index < -0.39 is 0 Å². The maximum atomic E-state index is 11.8. The number of likely N-dealkylation sites (tertiary alicyclic amines) is 1. The molecule has 0 unspecified atom stereocenters. The Labute approximate surface area is 182 Å². The van der Waals surface area contributed by atoms with E-state index in [-0.39, 0.29) is 30.1 Å². The highest BCUT2D eigenvalue weighted by Gasteiger charge is 2.23. The van der Waals surface area contributed by atoms with Crippen molar-refractivity contribution in [2.75, 3.05) is 52.4 Å². The molecule has 160 valence electrons. The molecule has 0 aliphatic carbocycles. The lowest BCUT2D eigenvalue weighted by Gasteiger charge is -2.32. The van der Waals surface area contributed by atoms with Crippen molar-refractivity contribution in [3.63, 3.8) is 0 Å². The molecule has 0 aromatic heterocycles. The maximum absolute atomic E-state index is 11.8. The molecule has 0 saturated carbocycles. The number of guanidine groups is 1. The molecular formula is C19H40IN5O2. The Hall–Kier alpha value is -0.770. The van der Waals surface area contributed by atoms with Crippen molar-refractivity contribution in [2.24, 2.45) is 4.99 Å². The number of aliphatic imine (C=N–C) groups is 1. The van der Waals surface area contributed by atoms with Gasteiger partial charge in [-0.2, -0.15) is 0 Å². The van der Waals surface area contributed by atoms with E-state index in [9.17, 15) is 4.79 Å². The Balaban J connectivity index is 0.00000676. The number of nitrogens with zero attached hydrogens (tertiary/aromatic N) is 3. The predicted molar refractivity (Wildman–Crippen MR) is 123 cm³/mol. The summed E-state index contributed by atoms with van der Waals surface area (Å²) >= 11 is 0. The third-order valence-corrected chi connectivity index (χ3v) is 4.75. The summed E-state index contributed by atoms with van der Waals surface area (Å²) in [5.74, 6) is 0.893. The second-order valence-corrected chi connectivity index (χ2v) is 6.60. The number of rotatable bonds is 10. The SMILES string of the molecule is CCNC(=NCCCCN(CC)CC)NC1CCN(C(=O)OCC)CC1.I. The average molecular weight is 497 g/mol. The van der Waals surface area contributed by atoms with Gasteiger partial charge in [-0.05, 0) is 59.2 Å². The van der Waals surface area contributed by atoms with Gasteiger partial charge in [-0.25, -0.2) is 4.79 Å². The lowest BCUT2D eigenvalue weighted by molar-refractivity contribution is 0.0963. The summed E-state index contributed by atoms with van der Waals surface area (Å²) in [6.45, 7) is 15.3. The monoisotopic (exact) mass is 497 g/mol. The van der Waals surface area contributed by atoms with Gasteiger partial charge >= 0.3 is 6.09 Å². The van der Waals surface area contributed by atoms with Crippen LogP contribution in [0, 0.1) is 0 Å². The zero-order valence-corrected chi connectivity index (χ0v) is 20.0. The Kier molecular flexibility index (Phi) is 15.7. The quantitative estimate of drug-likeness (QED) is 0.210. The number of piperidine rings is 1. The highest BCUT2D eigenvalue weighted by atomic mass is 127. The van der Waals surface area contributed by atoms with E-state index in [1.165, 1.54) is 6.42 Å². The van der Waals surface area contributed by atoms with Crippen LogP contribution in [0.1, 0.15) is 53.4 Å². The molecule has 1 aliphatic heterocycles. The fourth-order valence-electron chi connectivity index (χ4n) is 3.11. The summed E-state index contributed by atoms with van der Waals surface area (Å²) in [6.07, 6.45) is 3.94. The smallest absolute Gasteiger partial charge is 0.409 e. The molecular weight excluding hydrogens is 457 g/mol. The fraction of sp³-hybridized carbons (Fsp3) is 0.895. The van der Waals surface area contributed by atoms with E-state index in [2.05, 4.69) is 36.3 Å². The van der Waals surface area contributed by atoms with E-state index in [0.717, 1.165) is 71.0 Å². The van der Waals surface area contributed by atoms with Gasteiger partial charge in [0.1, 0.15) is 0 Å². The first kappa shape index (κ1) is 26.2. The lowest BCUT2D eigenvalue weighted by Crippen LogP contribution is -2.49. The van der Waals surface area contributed by atoms with Gasteiger partial charge in [-0.3, -0.25) is 4.99 Å². The second-order valence-electron chi connectivity index (χ2n) is 6.60. The van der Waals surface area contributed by atoms with Crippen LogP contribution in [0.2, 0.25) is 0 Å². The Morgan fingerprint density at radius 2 is 1.81 bits per heavy atom. The van der Waals surface area contributed by atoms with E-state index in [1.807, 2.05) is 6.92 Å². The van der Waals surface area contributed by atoms with Gasteiger partial charge in [0.05, 0.1) is 6.61 Å². The second kappa shape index (κ2) is 16.2. The molecule has 1 aliphatic rings. The molecule has 1 amide bonds. The number of carbonyl (C=O) groups excluding carboxylic acids is 1. The van der Waals surface area contributed by atoms with Crippen LogP contribution >= 0.6 is 24.0 Å². The molecule has 1 fully saturated rings. The third kappa shape index (κ3) is 11.0. The summed E-state index contributed by atoms with van der Waals surface area (Å²) in [7, 11) is 0. The molecule has 0 radical (unpaired) electrons. The Morgan fingerprint density at radius 3 is 2.37 bits per heavy atom. The first-order valence-electron chi connectivity index (χ1n) is 10.3. The van der Waals surface area contributed by atoms with E-state index in [1.54, 1.807) is 4.90 Å². The minimum absolute atomic E-state index is 0. The molecule has 2 N–H and O–H groups in total. The van der Waals surface area contributed by atoms with Gasteiger partial charge in [0, 0.05) is 32.2 Å².